The molecule has 0 spiro atoms. The third-order valence-electron chi connectivity index (χ3n) is 2.97. The van der Waals surface area contributed by atoms with Crippen molar-refractivity contribution in [2.75, 3.05) is 14.1 Å². The monoisotopic (exact) mass is 367 g/mol. The second-order valence-electron chi connectivity index (χ2n) is 4.94. The van der Waals surface area contributed by atoms with E-state index in [1.165, 1.54) is 0 Å². The van der Waals surface area contributed by atoms with Gasteiger partial charge in [-0.2, -0.15) is 0 Å². The summed E-state index contributed by atoms with van der Waals surface area (Å²) in [6.07, 6.45) is 0. The minimum absolute atomic E-state index is 0.0278. The minimum Gasteiger partial charge on any atom is -0.477 e. The van der Waals surface area contributed by atoms with Crippen molar-refractivity contribution < 1.29 is 9.90 Å². The van der Waals surface area contributed by atoms with E-state index in [-0.39, 0.29) is 17.8 Å². The summed E-state index contributed by atoms with van der Waals surface area (Å²) in [5.74, 6) is -1.34. The van der Waals surface area contributed by atoms with Crippen molar-refractivity contribution in [1.29, 1.82) is 0 Å². The molecule has 8 heteroatoms. The summed E-state index contributed by atoms with van der Waals surface area (Å²) in [5.41, 5.74) is -1.41. The molecule has 0 amide bonds. The molecule has 0 radical (unpaired) electrons. The summed E-state index contributed by atoms with van der Waals surface area (Å²) >= 11 is 3.28. The minimum atomic E-state index is -1.34. The highest BCUT2D eigenvalue weighted by molar-refractivity contribution is 9.10. The second-order valence-corrected chi connectivity index (χ2v) is 5.86. The Morgan fingerprint density at radius 3 is 2.36 bits per heavy atom. The number of aromatic nitrogens is 2. The molecule has 0 aliphatic carbocycles. The molecule has 2 aromatic rings. The number of nitrogens with zero attached hydrogens (tertiary/aromatic N) is 2. The van der Waals surface area contributed by atoms with Crippen LogP contribution in [0.3, 0.4) is 0 Å². The Morgan fingerprint density at radius 1 is 1.27 bits per heavy atom. The lowest BCUT2D eigenvalue weighted by Gasteiger charge is -2.13. The molecule has 0 aliphatic rings. The number of carbonyl (C=O) groups is 1. The van der Waals surface area contributed by atoms with E-state index in [2.05, 4.69) is 20.9 Å². The van der Waals surface area contributed by atoms with E-state index in [1.54, 1.807) is 43.3 Å². The average molecular weight is 368 g/mol. The van der Waals surface area contributed by atoms with Gasteiger partial charge < -0.3 is 15.0 Å². The normalized spacial score (nSPS) is 10.9. The Labute approximate surface area is 134 Å². The molecule has 1 heterocycles. The number of benzene rings is 1. The predicted molar refractivity (Wildman–Crippen MR) is 84.7 cm³/mol. The number of aromatic carboxylic acids is 1. The van der Waals surface area contributed by atoms with Gasteiger partial charge in [0, 0.05) is 11.0 Å². The van der Waals surface area contributed by atoms with Gasteiger partial charge in [-0.25, -0.2) is 14.2 Å². The first-order chi connectivity index (χ1) is 10.3. The van der Waals surface area contributed by atoms with E-state index in [1.807, 2.05) is 0 Å². The highest BCUT2D eigenvalue weighted by Gasteiger charge is 2.20. The average Bonchev–Trinajstić information content (AvgIpc) is 2.43. The lowest BCUT2D eigenvalue weighted by atomic mass is 10.2. The van der Waals surface area contributed by atoms with Crippen LogP contribution in [0.4, 0.5) is 0 Å². The zero-order valence-corrected chi connectivity index (χ0v) is 13.5. The van der Waals surface area contributed by atoms with E-state index in [9.17, 15) is 19.5 Å². The van der Waals surface area contributed by atoms with Crippen molar-refractivity contribution in [3.05, 3.63) is 60.8 Å². The summed E-state index contributed by atoms with van der Waals surface area (Å²) < 4.78 is 1.73. The molecular weight excluding hydrogens is 354 g/mol. The Kier molecular flexibility index (Phi) is 4.62. The standard InChI is InChI=1S/C14H14BrN3O4/c1-17(2)7-10-11(13(20)21)16-14(22)18(12(10)19)9-5-3-8(15)4-6-9/h3-6H,7H2,1-2H3,(H,16,22)(H,20,21). The number of carboxylic acids is 1. The number of hydrogen-bond acceptors (Lipinski definition) is 4. The van der Waals surface area contributed by atoms with E-state index in [4.69, 9.17) is 0 Å². The van der Waals surface area contributed by atoms with Gasteiger partial charge in [-0.05, 0) is 38.4 Å². The molecule has 7 nitrogen and oxygen atoms in total. The lowest BCUT2D eigenvalue weighted by Crippen LogP contribution is -2.39. The first-order valence-electron chi connectivity index (χ1n) is 6.33. The van der Waals surface area contributed by atoms with Gasteiger partial charge in [-0.3, -0.25) is 4.79 Å². The van der Waals surface area contributed by atoms with Crippen molar-refractivity contribution in [2.24, 2.45) is 0 Å². The van der Waals surface area contributed by atoms with Crippen molar-refractivity contribution in [1.82, 2.24) is 14.5 Å². The van der Waals surface area contributed by atoms with Crippen LogP contribution in [0.15, 0.2) is 38.3 Å². The number of rotatable bonds is 4. The van der Waals surface area contributed by atoms with Gasteiger partial charge >= 0.3 is 11.7 Å². The summed E-state index contributed by atoms with van der Waals surface area (Å²) in [4.78, 5) is 39.9. The maximum Gasteiger partial charge on any atom is 0.352 e. The molecule has 22 heavy (non-hydrogen) atoms. The Hall–Kier alpha value is -2.19. The molecule has 0 aliphatic heterocycles. The SMILES string of the molecule is CN(C)Cc1c(C(=O)O)[nH]c(=O)n(-c2ccc(Br)cc2)c1=O. The van der Waals surface area contributed by atoms with Gasteiger partial charge in [0.25, 0.3) is 5.56 Å². The van der Waals surface area contributed by atoms with Gasteiger partial charge in [-0.1, -0.05) is 15.9 Å². The molecule has 0 atom stereocenters. The maximum absolute atomic E-state index is 12.6. The fourth-order valence-electron chi connectivity index (χ4n) is 2.04. The summed E-state index contributed by atoms with van der Waals surface area (Å²) in [7, 11) is 3.42. The number of carboxylic acid groups (broad SMARTS) is 1. The topological polar surface area (TPSA) is 95.4 Å². The smallest absolute Gasteiger partial charge is 0.352 e. The summed E-state index contributed by atoms with van der Waals surface area (Å²) in [6.45, 7) is 0.105. The van der Waals surface area contributed by atoms with Gasteiger partial charge in [0.2, 0.25) is 0 Å². The Balaban J connectivity index is 2.76. The maximum atomic E-state index is 12.6. The van der Waals surface area contributed by atoms with Gasteiger partial charge in [0.15, 0.2) is 0 Å². The van der Waals surface area contributed by atoms with Crippen LogP contribution >= 0.6 is 15.9 Å². The van der Waals surface area contributed by atoms with Crippen LogP contribution in [0.2, 0.25) is 0 Å². The third-order valence-corrected chi connectivity index (χ3v) is 3.50. The number of H-pyrrole nitrogens is 1. The molecule has 1 aromatic heterocycles. The lowest BCUT2D eigenvalue weighted by molar-refractivity contribution is 0.0687. The third kappa shape index (κ3) is 3.18. The zero-order chi connectivity index (χ0) is 16.4. The fourth-order valence-corrected chi connectivity index (χ4v) is 2.31. The quantitative estimate of drug-likeness (QED) is 0.841. The Morgan fingerprint density at radius 2 is 1.86 bits per heavy atom. The zero-order valence-electron chi connectivity index (χ0n) is 12.0. The van der Waals surface area contributed by atoms with Crippen molar-refractivity contribution in [3.63, 3.8) is 0 Å². The molecular formula is C14H14BrN3O4. The molecule has 0 fully saturated rings. The van der Waals surface area contributed by atoms with Crippen LogP contribution in [0.25, 0.3) is 5.69 Å². The first kappa shape index (κ1) is 16.2. The molecule has 2 rings (SSSR count). The van der Waals surface area contributed by atoms with Crippen LogP contribution < -0.4 is 11.2 Å². The van der Waals surface area contributed by atoms with Crippen LogP contribution in [0, 0.1) is 0 Å². The highest BCUT2D eigenvalue weighted by atomic mass is 79.9. The second kappa shape index (κ2) is 6.29. The van der Waals surface area contributed by atoms with E-state index in [0.29, 0.717) is 5.69 Å². The highest BCUT2D eigenvalue weighted by Crippen LogP contribution is 2.12. The van der Waals surface area contributed by atoms with Crippen LogP contribution in [-0.4, -0.2) is 39.6 Å². The molecule has 116 valence electrons. The van der Waals surface area contributed by atoms with Crippen molar-refractivity contribution in [3.8, 4) is 5.69 Å². The predicted octanol–water partition coefficient (Wildman–Crippen LogP) is 1.05. The molecule has 1 aromatic carbocycles. The number of halogens is 1. The van der Waals surface area contributed by atoms with Crippen LogP contribution in [0.5, 0.6) is 0 Å². The number of aromatic amines is 1. The number of nitrogens with one attached hydrogen (secondary N) is 1. The molecule has 0 saturated carbocycles. The molecule has 0 saturated heterocycles. The summed E-state index contributed by atoms with van der Waals surface area (Å²) in [6, 6.07) is 6.58. The molecule has 2 N–H and O–H groups in total. The Bertz CT molecular complexity index is 821. The number of hydrogen-bond donors (Lipinski definition) is 2. The van der Waals surface area contributed by atoms with Crippen molar-refractivity contribution in [2.45, 2.75) is 6.54 Å². The first-order valence-corrected chi connectivity index (χ1v) is 7.12. The van der Waals surface area contributed by atoms with E-state index in [0.717, 1.165) is 9.04 Å². The van der Waals surface area contributed by atoms with Crippen molar-refractivity contribution >= 4 is 21.9 Å². The molecule has 0 unspecified atom stereocenters. The van der Waals surface area contributed by atoms with Crippen LogP contribution in [-0.2, 0) is 6.54 Å². The van der Waals surface area contributed by atoms with Gasteiger partial charge in [-0.15, -0.1) is 0 Å². The largest absolute Gasteiger partial charge is 0.477 e. The van der Waals surface area contributed by atoms with E-state index >= 15 is 0 Å². The summed E-state index contributed by atoms with van der Waals surface area (Å²) in [5, 5.41) is 9.18. The van der Waals surface area contributed by atoms with Gasteiger partial charge in [0.05, 0.1) is 11.3 Å². The van der Waals surface area contributed by atoms with E-state index < -0.39 is 17.2 Å². The van der Waals surface area contributed by atoms with Crippen LogP contribution in [0.1, 0.15) is 16.1 Å². The van der Waals surface area contributed by atoms with Gasteiger partial charge in [0.1, 0.15) is 5.69 Å². The fraction of sp³-hybridized carbons (Fsp3) is 0.214. The molecule has 0 bridgehead atoms.